The van der Waals surface area contributed by atoms with Crippen LogP contribution >= 0.6 is 0 Å². The van der Waals surface area contributed by atoms with Crippen molar-refractivity contribution < 1.29 is 8.42 Å². The highest BCUT2D eigenvalue weighted by Crippen LogP contribution is 2.12. The Hall–Kier alpha value is -0.130. The third kappa shape index (κ3) is 6.23. The number of rotatable bonds is 7. The number of nitrogens with zero attached hydrogens (tertiary/aromatic N) is 2. The van der Waals surface area contributed by atoms with E-state index in [1.165, 1.54) is 6.42 Å². The lowest BCUT2D eigenvalue weighted by molar-refractivity contribution is 0.180. The molecule has 1 aliphatic heterocycles. The van der Waals surface area contributed by atoms with Crippen molar-refractivity contribution in [1.29, 1.82) is 0 Å². The van der Waals surface area contributed by atoms with Crippen LogP contribution in [0.4, 0.5) is 0 Å². The van der Waals surface area contributed by atoms with E-state index in [9.17, 15) is 8.42 Å². The number of hydrogen-bond donors (Lipinski definition) is 0. The summed E-state index contributed by atoms with van der Waals surface area (Å²) < 4.78 is 26.0. The van der Waals surface area contributed by atoms with Crippen molar-refractivity contribution in [2.75, 3.05) is 38.5 Å². The minimum Gasteiger partial charge on any atom is -0.301 e. The molecular weight excluding hydrogens is 260 g/mol. The van der Waals surface area contributed by atoms with E-state index in [1.807, 2.05) is 0 Å². The van der Waals surface area contributed by atoms with Crippen molar-refractivity contribution in [3.8, 4) is 0 Å². The first-order valence-electron chi connectivity index (χ1n) is 7.51. The molecule has 5 heteroatoms. The highest BCUT2D eigenvalue weighted by Gasteiger charge is 2.26. The molecule has 114 valence electrons. The predicted octanol–water partition coefficient (Wildman–Crippen LogP) is 2.03. The molecule has 4 nitrogen and oxygen atoms in total. The molecule has 1 heterocycles. The van der Waals surface area contributed by atoms with Crippen molar-refractivity contribution in [3.05, 3.63) is 0 Å². The Labute approximate surface area is 119 Å². The molecule has 0 atom stereocenters. The lowest BCUT2D eigenvalue weighted by atomic mass is 10.1. The lowest BCUT2D eigenvalue weighted by Gasteiger charge is -2.34. The maximum atomic E-state index is 12.2. The van der Waals surface area contributed by atoms with Crippen molar-refractivity contribution in [3.63, 3.8) is 0 Å². The first-order valence-corrected chi connectivity index (χ1v) is 9.12. The van der Waals surface area contributed by atoms with Gasteiger partial charge in [0.1, 0.15) is 0 Å². The van der Waals surface area contributed by atoms with Gasteiger partial charge in [-0.15, -0.1) is 0 Å². The summed E-state index contributed by atoms with van der Waals surface area (Å²) >= 11 is 0. The summed E-state index contributed by atoms with van der Waals surface area (Å²) in [7, 11) is -3.03. The van der Waals surface area contributed by atoms with Gasteiger partial charge in [0.25, 0.3) is 0 Å². The fraction of sp³-hybridized carbons (Fsp3) is 1.00. The van der Waals surface area contributed by atoms with Crippen LogP contribution < -0.4 is 0 Å². The van der Waals surface area contributed by atoms with Crippen LogP contribution in [0.25, 0.3) is 0 Å². The van der Waals surface area contributed by atoms with Crippen LogP contribution in [-0.2, 0) is 10.0 Å². The SMILES string of the molecule is CC(C)CCN1CCN(S(=O)(=O)CCC(C)C)CC1. The average molecular weight is 290 g/mol. The Bertz CT molecular complexity index is 344. The van der Waals surface area contributed by atoms with Gasteiger partial charge >= 0.3 is 0 Å². The quantitative estimate of drug-likeness (QED) is 0.720. The van der Waals surface area contributed by atoms with Gasteiger partial charge in [-0.2, -0.15) is 4.31 Å². The Kier molecular flexibility index (Phi) is 6.77. The highest BCUT2D eigenvalue weighted by atomic mass is 32.2. The molecule has 1 fully saturated rings. The molecule has 0 amide bonds. The van der Waals surface area contributed by atoms with Crippen LogP contribution in [0.2, 0.25) is 0 Å². The predicted molar refractivity (Wildman–Crippen MR) is 80.7 cm³/mol. The Morgan fingerprint density at radius 1 is 0.895 bits per heavy atom. The van der Waals surface area contributed by atoms with Gasteiger partial charge in [-0.25, -0.2) is 8.42 Å². The molecule has 0 unspecified atom stereocenters. The molecule has 0 aromatic rings. The van der Waals surface area contributed by atoms with Crippen molar-refractivity contribution in [1.82, 2.24) is 9.21 Å². The third-order valence-electron chi connectivity index (χ3n) is 3.70. The van der Waals surface area contributed by atoms with Crippen LogP contribution in [0, 0.1) is 11.8 Å². The second kappa shape index (κ2) is 7.60. The first-order chi connectivity index (χ1) is 8.81. The first kappa shape index (κ1) is 16.9. The molecule has 0 aromatic heterocycles. The van der Waals surface area contributed by atoms with E-state index < -0.39 is 10.0 Å². The molecule has 1 aliphatic rings. The summed E-state index contributed by atoms with van der Waals surface area (Å²) in [5.41, 5.74) is 0. The summed E-state index contributed by atoms with van der Waals surface area (Å²) in [5, 5.41) is 0. The van der Waals surface area contributed by atoms with Gasteiger partial charge in [0.15, 0.2) is 0 Å². The minimum atomic E-state index is -3.03. The van der Waals surface area contributed by atoms with Crippen molar-refractivity contribution >= 4 is 10.0 Å². The molecule has 0 saturated carbocycles. The van der Waals surface area contributed by atoms with E-state index in [0.29, 0.717) is 30.7 Å². The maximum Gasteiger partial charge on any atom is 0.214 e. The number of sulfonamides is 1. The normalized spacial score (nSPS) is 19.5. The fourth-order valence-electron chi connectivity index (χ4n) is 2.19. The smallest absolute Gasteiger partial charge is 0.214 e. The maximum absolute atomic E-state index is 12.2. The van der Waals surface area contributed by atoms with Gasteiger partial charge in [-0.05, 0) is 31.2 Å². The topological polar surface area (TPSA) is 40.6 Å². The summed E-state index contributed by atoms with van der Waals surface area (Å²) in [5.74, 6) is 1.46. The van der Waals surface area contributed by atoms with E-state index in [2.05, 4.69) is 32.6 Å². The Morgan fingerprint density at radius 3 is 1.89 bits per heavy atom. The van der Waals surface area contributed by atoms with Gasteiger partial charge in [0, 0.05) is 26.2 Å². The number of piperazine rings is 1. The van der Waals surface area contributed by atoms with Crippen LogP contribution in [-0.4, -0.2) is 56.1 Å². The molecule has 19 heavy (non-hydrogen) atoms. The standard InChI is InChI=1S/C14H30N2O2S/c1-13(2)5-7-15-8-10-16(11-9-15)19(17,18)12-6-14(3)4/h13-14H,5-12H2,1-4H3. The average Bonchev–Trinajstić information content (AvgIpc) is 2.34. The zero-order chi connectivity index (χ0) is 14.5. The molecule has 0 aromatic carbocycles. The minimum absolute atomic E-state index is 0.302. The van der Waals surface area contributed by atoms with E-state index in [4.69, 9.17) is 0 Å². The fourth-order valence-corrected chi connectivity index (χ4v) is 3.93. The van der Waals surface area contributed by atoms with E-state index in [1.54, 1.807) is 4.31 Å². The van der Waals surface area contributed by atoms with Gasteiger partial charge in [-0.1, -0.05) is 27.7 Å². The van der Waals surface area contributed by atoms with Crippen LogP contribution in [0.3, 0.4) is 0 Å². The monoisotopic (exact) mass is 290 g/mol. The van der Waals surface area contributed by atoms with Crippen LogP contribution in [0.5, 0.6) is 0 Å². The van der Waals surface area contributed by atoms with Gasteiger partial charge < -0.3 is 4.90 Å². The zero-order valence-electron chi connectivity index (χ0n) is 12.9. The Morgan fingerprint density at radius 2 is 1.42 bits per heavy atom. The summed E-state index contributed by atoms with van der Waals surface area (Å²) in [6.07, 6.45) is 1.95. The van der Waals surface area contributed by atoms with Gasteiger partial charge in [0.05, 0.1) is 5.75 Å². The zero-order valence-corrected chi connectivity index (χ0v) is 13.7. The van der Waals surface area contributed by atoms with E-state index in [0.717, 1.165) is 26.1 Å². The summed E-state index contributed by atoms with van der Waals surface area (Å²) in [6, 6.07) is 0. The summed E-state index contributed by atoms with van der Waals surface area (Å²) in [6.45, 7) is 12.8. The molecule has 0 N–H and O–H groups in total. The lowest BCUT2D eigenvalue weighted by Crippen LogP contribution is -2.49. The molecule has 1 rings (SSSR count). The van der Waals surface area contributed by atoms with Gasteiger partial charge in [0.2, 0.25) is 10.0 Å². The van der Waals surface area contributed by atoms with Crippen molar-refractivity contribution in [2.24, 2.45) is 11.8 Å². The van der Waals surface area contributed by atoms with E-state index >= 15 is 0 Å². The molecule has 0 bridgehead atoms. The molecule has 0 radical (unpaired) electrons. The third-order valence-corrected chi connectivity index (χ3v) is 5.60. The largest absolute Gasteiger partial charge is 0.301 e. The van der Waals surface area contributed by atoms with Crippen LogP contribution in [0.1, 0.15) is 40.5 Å². The summed E-state index contributed by atoms with van der Waals surface area (Å²) in [4.78, 5) is 2.38. The molecular formula is C14H30N2O2S. The van der Waals surface area contributed by atoms with E-state index in [-0.39, 0.29) is 0 Å². The number of hydrogen-bond acceptors (Lipinski definition) is 3. The van der Waals surface area contributed by atoms with Gasteiger partial charge in [-0.3, -0.25) is 0 Å². The highest BCUT2D eigenvalue weighted by molar-refractivity contribution is 7.89. The van der Waals surface area contributed by atoms with Crippen molar-refractivity contribution in [2.45, 2.75) is 40.5 Å². The van der Waals surface area contributed by atoms with Crippen LogP contribution in [0.15, 0.2) is 0 Å². The second-order valence-electron chi connectivity index (χ2n) is 6.42. The molecule has 0 spiro atoms. The second-order valence-corrected chi connectivity index (χ2v) is 8.51. The Balaban J connectivity index is 2.36. The molecule has 0 aliphatic carbocycles. The molecule has 1 saturated heterocycles.